The summed E-state index contributed by atoms with van der Waals surface area (Å²) in [5, 5.41) is 3.54. The van der Waals surface area contributed by atoms with Crippen molar-refractivity contribution in [3.8, 4) is 0 Å². The fourth-order valence-electron chi connectivity index (χ4n) is 2.47. The minimum atomic E-state index is -0.585. The van der Waals surface area contributed by atoms with Gasteiger partial charge in [0.05, 0.1) is 12.6 Å². The quantitative estimate of drug-likeness (QED) is 0.770. The molecule has 0 spiro atoms. The predicted molar refractivity (Wildman–Crippen MR) is 93.9 cm³/mol. The minimum Gasteiger partial charge on any atom is -0.346 e. The van der Waals surface area contributed by atoms with E-state index in [-0.39, 0.29) is 24.3 Å². The van der Waals surface area contributed by atoms with Crippen LogP contribution in [-0.4, -0.2) is 64.8 Å². The molecule has 3 N–H and O–H groups in total. The van der Waals surface area contributed by atoms with Crippen LogP contribution in [0.1, 0.15) is 26.1 Å². The SMILES string of the molecule is Cc1nsc(N2CCCN(C(=O)CNC(=O)[C@@H](N)C(C)C)CC2)n1. The fourth-order valence-corrected chi connectivity index (χ4v) is 3.19. The highest BCUT2D eigenvalue weighted by Gasteiger charge is 2.22. The molecule has 9 heteroatoms. The van der Waals surface area contributed by atoms with Crippen molar-refractivity contribution in [3.05, 3.63) is 5.82 Å². The van der Waals surface area contributed by atoms with E-state index in [1.165, 1.54) is 11.5 Å². The van der Waals surface area contributed by atoms with Gasteiger partial charge in [-0.3, -0.25) is 9.59 Å². The van der Waals surface area contributed by atoms with Crippen LogP contribution in [0.25, 0.3) is 0 Å². The lowest BCUT2D eigenvalue weighted by Crippen LogP contribution is -2.48. The average Bonchev–Trinajstić information content (AvgIpc) is 2.84. The molecule has 0 aliphatic carbocycles. The third-order valence-corrected chi connectivity index (χ3v) is 4.94. The summed E-state index contributed by atoms with van der Waals surface area (Å²) in [7, 11) is 0. The first-order valence-corrected chi connectivity index (χ1v) is 9.02. The Balaban J connectivity index is 1.82. The van der Waals surface area contributed by atoms with E-state index < -0.39 is 6.04 Å². The van der Waals surface area contributed by atoms with Gasteiger partial charge in [0.1, 0.15) is 5.82 Å². The van der Waals surface area contributed by atoms with Gasteiger partial charge in [0.25, 0.3) is 0 Å². The Bertz CT molecular complexity index is 576. The molecular formula is C15H26N6O2S. The van der Waals surface area contributed by atoms with Crippen molar-refractivity contribution in [1.29, 1.82) is 0 Å². The maximum atomic E-state index is 12.3. The summed E-state index contributed by atoms with van der Waals surface area (Å²) in [6.07, 6.45) is 0.865. The van der Waals surface area contributed by atoms with Crippen molar-refractivity contribution in [2.45, 2.75) is 33.2 Å². The molecule has 1 aliphatic heterocycles. The molecule has 1 fully saturated rings. The van der Waals surface area contributed by atoms with Crippen molar-refractivity contribution in [1.82, 2.24) is 19.6 Å². The molecule has 0 unspecified atom stereocenters. The summed E-state index contributed by atoms with van der Waals surface area (Å²) in [6.45, 7) is 8.50. The van der Waals surface area contributed by atoms with E-state index in [9.17, 15) is 9.59 Å². The molecule has 1 aromatic rings. The Morgan fingerprint density at radius 1 is 1.29 bits per heavy atom. The zero-order valence-corrected chi connectivity index (χ0v) is 15.3. The number of carbonyl (C=O) groups excluding carboxylic acids is 2. The van der Waals surface area contributed by atoms with Crippen LogP contribution in [0.3, 0.4) is 0 Å². The standard InChI is InChI=1S/C15H26N6O2S/c1-10(2)13(16)14(23)17-9-12(22)20-5-4-6-21(8-7-20)15-18-11(3)19-24-15/h10,13H,4-9,16H2,1-3H3,(H,17,23)/t13-/m0/s1. The lowest BCUT2D eigenvalue weighted by atomic mass is 10.1. The molecule has 2 heterocycles. The number of carbonyl (C=O) groups is 2. The molecule has 134 valence electrons. The lowest BCUT2D eigenvalue weighted by molar-refractivity contribution is -0.133. The number of hydrogen-bond donors (Lipinski definition) is 2. The van der Waals surface area contributed by atoms with Gasteiger partial charge in [-0.25, -0.2) is 4.98 Å². The monoisotopic (exact) mass is 354 g/mol. The smallest absolute Gasteiger partial charge is 0.242 e. The second-order valence-corrected chi connectivity index (χ2v) is 7.06. The Hall–Kier alpha value is -1.74. The van der Waals surface area contributed by atoms with Gasteiger partial charge >= 0.3 is 0 Å². The lowest BCUT2D eigenvalue weighted by Gasteiger charge is -2.22. The van der Waals surface area contributed by atoms with Crippen molar-refractivity contribution in [2.24, 2.45) is 11.7 Å². The number of rotatable bonds is 5. The van der Waals surface area contributed by atoms with E-state index in [1.54, 1.807) is 4.90 Å². The summed E-state index contributed by atoms with van der Waals surface area (Å²) in [6, 6.07) is -0.585. The number of hydrogen-bond acceptors (Lipinski definition) is 7. The van der Waals surface area contributed by atoms with Gasteiger partial charge in [0.15, 0.2) is 0 Å². The van der Waals surface area contributed by atoms with E-state index in [0.29, 0.717) is 13.1 Å². The normalized spacial score (nSPS) is 16.9. The topological polar surface area (TPSA) is 104 Å². The highest BCUT2D eigenvalue weighted by Crippen LogP contribution is 2.18. The van der Waals surface area contributed by atoms with Crippen molar-refractivity contribution in [3.63, 3.8) is 0 Å². The van der Waals surface area contributed by atoms with Gasteiger partial charge in [0.2, 0.25) is 16.9 Å². The van der Waals surface area contributed by atoms with Crippen LogP contribution in [-0.2, 0) is 9.59 Å². The summed E-state index contributed by atoms with van der Waals surface area (Å²) < 4.78 is 4.21. The Labute approximate surface area is 146 Å². The minimum absolute atomic E-state index is 0.00281. The van der Waals surface area contributed by atoms with E-state index in [0.717, 1.165) is 30.5 Å². The predicted octanol–water partition coefficient (Wildman–Crippen LogP) is -0.0153. The van der Waals surface area contributed by atoms with Gasteiger partial charge in [0, 0.05) is 37.7 Å². The van der Waals surface area contributed by atoms with Crippen molar-refractivity contribution in [2.75, 3.05) is 37.6 Å². The third kappa shape index (κ3) is 4.88. The number of aryl methyl sites for hydroxylation is 1. The van der Waals surface area contributed by atoms with Gasteiger partial charge in [-0.15, -0.1) is 0 Å². The van der Waals surface area contributed by atoms with Gasteiger partial charge in [-0.1, -0.05) is 13.8 Å². The molecule has 2 amide bonds. The first-order valence-electron chi connectivity index (χ1n) is 8.25. The van der Waals surface area contributed by atoms with E-state index >= 15 is 0 Å². The van der Waals surface area contributed by atoms with Gasteiger partial charge in [-0.2, -0.15) is 4.37 Å². The van der Waals surface area contributed by atoms with E-state index in [4.69, 9.17) is 5.73 Å². The molecule has 24 heavy (non-hydrogen) atoms. The zero-order valence-electron chi connectivity index (χ0n) is 14.5. The molecular weight excluding hydrogens is 328 g/mol. The number of aromatic nitrogens is 2. The number of nitrogens with two attached hydrogens (primary N) is 1. The highest BCUT2D eigenvalue weighted by molar-refractivity contribution is 7.09. The van der Waals surface area contributed by atoms with Crippen LogP contribution in [0.2, 0.25) is 0 Å². The first-order chi connectivity index (χ1) is 11.4. The molecule has 1 saturated heterocycles. The molecule has 0 saturated carbocycles. The molecule has 1 aliphatic rings. The first kappa shape index (κ1) is 18.6. The third-order valence-electron chi connectivity index (χ3n) is 4.07. The van der Waals surface area contributed by atoms with Crippen molar-refractivity contribution < 1.29 is 9.59 Å². The maximum absolute atomic E-state index is 12.3. The molecule has 2 rings (SSSR count). The number of nitrogens with zero attached hydrogens (tertiary/aromatic N) is 4. The highest BCUT2D eigenvalue weighted by atomic mass is 32.1. The second kappa shape index (κ2) is 8.39. The van der Waals surface area contributed by atoms with E-state index in [2.05, 4.69) is 19.6 Å². The average molecular weight is 354 g/mol. The Kier molecular flexibility index (Phi) is 6.50. The van der Waals surface area contributed by atoms with Crippen LogP contribution in [0.15, 0.2) is 0 Å². The zero-order chi connectivity index (χ0) is 17.7. The molecule has 0 bridgehead atoms. The second-order valence-electron chi connectivity index (χ2n) is 6.33. The maximum Gasteiger partial charge on any atom is 0.242 e. The summed E-state index contributed by atoms with van der Waals surface area (Å²) in [5.41, 5.74) is 5.78. The number of amides is 2. The molecule has 0 radical (unpaired) electrons. The summed E-state index contributed by atoms with van der Waals surface area (Å²) in [4.78, 5) is 32.5. The summed E-state index contributed by atoms with van der Waals surface area (Å²) >= 11 is 1.39. The largest absolute Gasteiger partial charge is 0.346 e. The number of anilines is 1. The Morgan fingerprint density at radius 3 is 2.67 bits per heavy atom. The summed E-state index contributed by atoms with van der Waals surface area (Å²) in [5.74, 6) is 0.465. The van der Waals surface area contributed by atoms with Crippen LogP contribution < -0.4 is 16.0 Å². The van der Waals surface area contributed by atoms with Crippen LogP contribution in [0.4, 0.5) is 5.13 Å². The fraction of sp³-hybridized carbons (Fsp3) is 0.733. The van der Waals surface area contributed by atoms with Crippen molar-refractivity contribution >= 4 is 28.5 Å². The molecule has 1 atom stereocenters. The van der Waals surface area contributed by atoms with Gasteiger partial charge < -0.3 is 20.9 Å². The Morgan fingerprint density at radius 2 is 2.04 bits per heavy atom. The van der Waals surface area contributed by atoms with Crippen LogP contribution in [0, 0.1) is 12.8 Å². The molecule has 8 nitrogen and oxygen atoms in total. The molecule has 1 aromatic heterocycles. The van der Waals surface area contributed by atoms with Crippen LogP contribution >= 0.6 is 11.5 Å². The van der Waals surface area contributed by atoms with E-state index in [1.807, 2.05) is 20.8 Å². The van der Waals surface area contributed by atoms with Gasteiger partial charge in [-0.05, 0) is 19.3 Å². The van der Waals surface area contributed by atoms with Crippen LogP contribution in [0.5, 0.6) is 0 Å². The number of nitrogens with one attached hydrogen (secondary N) is 1. The molecule has 0 aromatic carbocycles.